The summed E-state index contributed by atoms with van der Waals surface area (Å²) in [6.45, 7) is 5.90. The molecule has 0 fully saturated rings. The Morgan fingerprint density at radius 2 is 2.09 bits per heavy atom. The number of aryl methyl sites for hydroxylation is 1. The molecule has 0 radical (unpaired) electrons. The third-order valence-corrected chi connectivity index (χ3v) is 8.37. The number of hydrogen-bond acceptors (Lipinski definition) is 4. The predicted octanol–water partition coefficient (Wildman–Crippen LogP) is 3.82. The smallest absolute Gasteiger partial charge is 0.156 e. The number of hydrogen-bond donors (Lipinski definition) is 1. The molecule has 23 heavy (non-hydrogen) atoms. The molecule has 0 saturated heterocycles. The SMILES string of the molecule is Cc1cc(Cl)ncc1C1=C(O)c2ncccc2C(C)(C)S1=S=O. The molecule has 2 aromatic rings. The fourth-order valence-corrected chi connectivity index (χ4v) is 6.24. The second-order valence-corrected chi connectivity index (χ2v) is 9.64. The van der Waals surface area contributed by atoms with Gasteiger partial charge in [-0.3, -0.25) is 4.98 Å². The van der Waals surface area contributed by atoms with Crippen LogP contribution in [0, 0.1) is 6.92 Å². The number of nitrogens with zero attached hydrogens (tertiary/aromatic N) is 2. The van der Waals surface area contributed by atoms with Gasteiger partial charge in [-0.15, -0.1) is 0 Å². The number of rotatable bonds is 1. The highest BCUT2D eigenvalue weighted by molar-refractivity contribution is 8.36. The van der Waals surface area contributed by atoms with Gasteiger partial charge >= 0.3 is 0 Å². The van der Waals surface area contributed by atoms with E-state index in [0.29, 0.717) is 26.0 Å². The molecule has 3 rings (SSSR count). The van der Waals surface area contributed by atoms with Crippen molar-refractivity contribution in [2.75, 3.05) is 0 Å². The zero-order chi connectivity index (χ0) is 16.8. The van der Waals surface area contributed by atoms with Crippen molar-refractivity contribution in [3.05, 3.63) is 58.1 Å². The van der Waals surface area contributed by atoms with Gasteiger partial charge < -0.3 is 5.11 Å². The monoisotopic (exact) mass is 366 g/mol. The summed E-state index contributed by atoms with van der Waals surface area (Å²) in [7, 11) is -0.284. The maximum atomic E-state index is 11.9. The van der Waals surface area contributed by atoms with Gasteiger partial charge in [0, 0.05) is 22.7 Å². The highest BCUT2D eigenvalue weighted by Crippen LogP contribution is 2.45. The zero-order valence-electron chi connectivity index (χ0n) is 12.8. The van der Waals surface area contributed by atoms with E-state index in [4.69, 9.17) is 11.6 Å². The standard InChI is InChI=1S/C16H15ClN2O2S2/c1-9-7-12(17)19-8-10(9)15-14(20)13-11(5-4-6-18-13)16(2,3)23(15)22-21/h4-8,20H,1-3H3. The van der Waals surface area contributed by atoms with Crippen molar-refractivity contribution in [2.45, 2.75) is 25.5 Å². The van der Waals surface area contributed by atoms with E-state index in [9.17, 15) is 9.32 Å². The summed E-state index contributed by atoms with van der Waals surface area (Å²) in [6, 6.07) is 5.47. The molecular formula is C16H15ClN2O2S2. The van der Waals surface area contributed by atoms with Gasteiger partial charge in [-0.2, -0.15) is 0 Å². The fraction of sp³-hybridized carbons (Fsp3) is 0.250. The number of fused-ring (bicyclic) bond motifs is 1. The van der Waals surface area contributed by atoms with Gasteiger partial charge in [0.15, 0.2) is 5.76 Å². The second-order valence-electron chi connectivity index (χ2n) is 5.75. The van der Waals surface area contributed by atoms with E-state index in [1.165, 1.54) is 0 Å². The van der Waals surface area contributed by atoms with Gasteiger partial charge in [-0.05, 0) is 53.5 Å². The Balaban J connectivity index is 2.40. The van der Waals surface area contributed by atoms with Gasteiger partial charge in [-0.1, -0.05) is 17.7 Å². The lowest BCUT2D eigenvalue weighted by molar-refractivity contribution is 0.507. The van der Waals surface area contributed by atoms with Gasteiger partial charge in [-0.25, -0.2) is 9.19 Å². The van der Waals surface area contributed by atoms with E-state index in [-0.39, 0.29) is 5.76 Å². The van der Waals surface area contributed by atoms with Gasteiger partial charge in [0.05, 0.1) is 4.91 Å². The van der Waals surface area contributed by atoms with Crippen molar-refractivity contribution < 1.29 is 9.32 Å². The molecule has 3 heterocycles. The molecule has 0 bridgehead atoms. The van der Waals surface area contributed by atoms with Crippen molar-refractivity contribution in [3.63, 3.8) is 0 Å². The minimum absolute atomic E-state index is 0.0545. The zero-order valence-corrected chi connectivity index (χ0v) is 15.2. The summed E-state index contributed by atoms with van der Waals surface area (Å²) in [5.74, 6) is 0.0545. The van der Waals surface area contributed by atoms with Crippen LogP contribution in [-0.4, -0.2) is 19.3 Å². The molecule has 0 amide bonds. The quantitative estimate of drug-likeness (QED) is 0.779. The minimum Gasteiger partial charge on any atom is -0.505 e. The number of halogens is 1. The van der Waals surface area contributed by atoms with E-state index in [1.54, 1.807) is 18.5 Å². The summed E-state index contributed by atoms with van der Waals surface area (Å²) in [5.41, 5.74) is 3.02. The maximum Gasteiger partial charge on any atom is 0.156 e. The number of aliphatic hydroxyl groups excluding tert-OH is 1. The van der Waals surface area contributed by atoms with Crippen LogP contribution in [0.3, 0.4) is 0 Å². The number of aliphatic hydroxyl groups is 1. The Hall–Kier alpha value is -1.50. The first-order valence-electron chi connectivity index (χ1n) is 6.94. The first kappa shape index (κ1) is 16.4. The minimum atomic E-state index is -0.791. The van der Waals surface area contributed by atoms with Gasteiger partial charge in [0.25, 0.3) is 0 Å². The summed E-state index contributed by atoms with van der Waals surface area (Å²) in [6.07, 6.45) is 3.26. The van der Waals surface area contributed by atoms with Gasteiger partial charge in [0.1, 0.15) is 21.1 Å². The van der Waals surface area contributed by atoms with Crippen molar-refractivity contribution in [1.29, 1.82) is 0 Å². The maximum absolute atomic E-state index is 11.9. The molecule has 7 heteroatoms. The van der Waals surface area contributed by atoms with Crippen LogP contribution in [0.25, 0.3) is 10.7 Å². The van der Waals surface area contributed by atoms with E-state index in [1.807, 2.05) is 32.9 Å². The van der Waals surface area contributed by atoms with Crippen molar-refractivity contribution in [3.8, 4) is 0 Å². The van der Waals surface area contributed by atoms with Crippen molar-refractivity contribution in [2.24, 2.45) is 0 Å². The van der Waals surface area contributed by atoms with Crippen LogP contribution in [0.15, 0.2) is 30.6 Å². The van der Waals surface area contributed by atoms with Crippen molar-refractivity contribution >= 4 is 41.9 Å². The van der Waals surface area contributed by atoms with Crippen LogP contribution in [-0.2, 0) is 24.4 Å². The van der Waals surface area contributed by atoms with Crippen LogP contribution in [0.2, 0.25) is 5.15 Å². The molecule has 120 valence electrons. The number of aromatic nitrogens is 2. The normalized spacial score (nSPS) is 19.4. The van der Waals surface area contributed by atoms with Crippen LogP contribution in [0.1, 0.15) is 36.2 Å². The third kappa shape index (κ3) is 2.55. The Morgan fingerprint density at radius 1 is 1.35 bits per heavy atom. The molecule has 0 aliphatic carbocycles. The Bertz CT molecular complexity index is 903. The van der Waals surface area contributed by atoms with Crippen molar-refractivity contribution in [1.82, 2.24) is 9.97 Å². The molecular weight excluding hydrogens is 352 g/mol. The molecule has 1 aliphatic rings. The predicted molar refractivity (Wildman–Crippen MR) is 96.2 cm³/mol. The largest absolute Gasteiger partial charge is 0.505 e. The average Bonchev–Trinajstić information content (AvgIpc) is 2.51. The molecule has 1 unspecified atom stereocenters. The first-order valence-corrected chi connectivity index (χ1v) is 9.80. The molecule has 1 N–H and O–H groups in total. The van der Waals surface area contributed by atoms with Crippen LogP contribution in [0.5, 0.6) is 0 Å². The average molecular weight is 367 g/mol. The van der Waals surface area contributed by atoms with E-state index in [2.05, 4.69) is 9.97 Å². The highest BCUT2D eigenvalue weighted by Gasteiger charge is 2.39. The number of pyridine rings is 2. The fourth-order valence-electron chi connectivity index (χ4n) is 2.74. The molecule has 0 saturated carbocycles. The van der Waals surface area contributed by atoms with Crippen LogP contribution in [0.4, 0.5) is 0 Å². The molecule has 4 nitrogen and oxygen atoms in total. The van der Waals surface area contributed by atoms with Crippen LogP contribution >= 0.6 is 11.6 Å². The summed E-state index contributed by atoms with van der Waals surface area (Å²) in [4.78, 5) is 9.04. The Morgan fingerprint density at radius 3 is 2.74 bits per heavy atom. The summed E-state index contributed by atoms with van der Waals surface area (Å²) < 4.78 is 11.5. The molecule has 0 spiro atoms. The molecule has 1 aliphatic heterocycles. The Labute approximate surface area is 144 Å². The van der Waals surface area contributed by atoms with Gasteiger partial charge in [0.2, 0.25) is 0 Å². The van der Waals surface area contributed by atoms with E-state index < -0.39 is 14.2 Å². The lowest BCUT2D eigenvalue weighted by atomic mass is 9.97. The summed E-state index contributed by atoms with van der Waals surface area (Å²) >= 11 is 5.93. The topological polar surface area (TPSA) is 63.1 Å². The molecule has 1 atom stereocenters. The first-order chi connectivity index (χ1) is 10.9. The molecule has 2 aromatic heterocycles. The second kappa shape index (κ2) is 5.85. The highest BCUT2D eigenvalue weighted by atomic mass is 35.5. The van der Waals surface area contributed by atoms with E-state index >= 15 is 0 Å². The molecule has 0 aromatic carbocycles. The third-order valence-electron chi connectivity index (χ3n) is 3.93. The van der Waals surface area contributed by atoms with Crippen LogP contribution < -0.4 is 0 Å². The van der Waals surface area contributed by atoms with E-state index in [0.717, 1.165) is 16.7 Å². The lowest BCUT2D eigenvalue weighted by Crippen LogP contribution is -2.30. The lowest BCUT2D eigenvalue weighted by Gasteiger charge is -2.34. The summed E-state index contributed by atoms with van der Waals surface area (Å²) in [5, 5.41) is 11.2. The Kier molecular flexibility index (Phi) is 4.16.